The molecule has 0 radical (unpaired) electrons. The standard InChI is InChI=1S/C12H23NO/c1-9(14)13-11-7-5-10(6-8-11)12(2,3)4/h10-11H,5-8H2,1-4H3,(H,13,14). The molecule has 0 aromatic carbocycles. The van der Waals surface area contributed by atoms with Crippen molar-refractivity contribution in [2.24, 2.45) is 11.3 Å². The predicted octanol–water partition coefficient (Wildman–Crippen LogP) is 2.73. The first kappa shape index (κ1) is 11.5. The molecule has 0 bridgehead atoms. The molecule has 0 saturated heterocycles. The highest BCUT2D eigenvalue weighted by atomic mass is 16.1. The van der Waals surface area contributed by atoms with Gasteiger partial charge in [0.05, 0.1) is 0 Å². The maximum absolute atomic E-state index is 10.9. The van der Waals surface area contributed by atoms with Crippen molar-refractivity contribution < 1.29 is 4.79 Å². The zero-order chi connectivity index (χ0) is 10.8. The highest BCUT2D eigenvalue weighted by Crippen LogP contribution is 2.37. The lowest BCUT2D eigenvalue weighted by atomic mass is 9.71. The van der Waals surface area contributed by atoms with E-state index in [0.29, 0.717) is 11.5 Å². The third kappa shape index (κ3) is 3.32. The maximum Gasteiger partial charge on any atom is 0.217 e. The minimum absolute atomic E-state index is 0.115. The van der Waals surface area contributed by atoms with E-state index in [0.717, 1.165) is 18.8 Å². The molecule has 0 heterocycles. The molecule has 2 heteroatoms. The molecule has 14 heavy (non-hydrogen) atoms. The van der Waals surface area contributed by atoms with E-state index in [1.807, 2.05) is 0 Å². The summed E-state index contributed by atoms with van der Waals surface area (Å²) in [6, 6.07) is 0.436. The van der Waals surface area contributed by atoms with E-state index in [1.54, 1.807) is 6.92 Å². The lowest BCUT2D eigenvalue weighted by molar-refractivity contribution is -0.119. The van der Waals surface area contributed by atoms with Crippen LogP contribution in [0.2, 0.25) is 0 Å². The van der Waals surface area contributed by atoms with Gasteiger partial charge in [0.15, 0.2) is 0 Å². The molecule has 1 rings (SSSR count). The molecule has 0 aromatic heterocycles. The van der Waals surface area contributed by atoms with Gasteiger partial charge in [0.2, 0.25) is 5.91 Å². The van der Waals surface area contributed by atoms with Crippen molar-refractivity contribution in [3.8, 4) is 0 Å². The van der Waals surface area contributed by atoms with Gasteiger partial charge in [-0.05, 0) is 37.0 Å². The molecule has 2 nitrogen and oxygen atoms in total. The van der Waals surface area contributed by atoms with Gasteiger partial charge in [0.1, 0.15) is 0 Å². The number of nitrogens with one attached hydrogen (secondary N) is 1. The lowest BCUT2D eigenvalue weighted by Crippen LogP contribution is -2.38. The van der Waals surface area contributed by atoms with E-state index < -0.39 is 0 Å². The summed E-state index contributed by atoms with van der Waals surface area (Å²) in [5, 5.41) is 3.01. The van der Waals surface area contributed by atoms with Crippen molar-refractivity contribution in [1.29, 1.82) is 0 Å². The van der Waals surface area contributed by atoms with Gasteiger partial charge in [-0.2, -0.15) is 0 Å². The fourth-order valence-corrected chi connectivity index (χ4v) is 2.39. The van der Waals surface area contributed by atoms with Crippen LogP contribution < -0.4 is 5.32 Å². The second-order valence-electron chi connectivity index (χ2n) is 5.62. The Morgan fingerprint density at radius 2 is 1.64 bits per heavy atom. The number of carbonyl (C=O) groups is 1. The Morgan fingerprint density at radius 3 is 2.00 bits per heavy atom. The van der Waals surface area contributed by atoms with Crippen LogP contribution in [0, 0.1) is 11.3 Å². The fourth-order valence-electron chi connectivity index (χ4n) is 2.39. The Balaban J connectivity index is 2.35. The van der Waals surface area contributed by atoms with Gasteiger partial charge in [-0.3, -0.25) is 4.79 Å². The number of hydrogen-bond acceptors (Lipinski definition) is 1. The van der Waals surface area contributed by atoms with Crippen LogP contribution in [0.1, 0.15) is 53.4 Å². The van der Waals surface area contributed by atoms with Crippen molar-refractivity contribution in [1.82, 2.24) is 5.32 Å². The Bertz CT molecular complexity index is 197. The minimum Gasteiger partial charge on any atom is -0.354 e. The molecule has 0 spiro atoms. The van der Waals surface area contributed by atoms with Crippen LogP contribution in [0.25, 0.3) is 0 Å². The molecule has 0 atom stereocenters. The average Bonchev–Trinajstić information content (AvgIpc) is 2.02. The molecule has 0 aromatic rings. The second kappa shape index (κ2) is 4.33. The zero-order valence-electron chi connectivity index (χ0n) is 9.89. The van der Waals surface area contributed by atoms with E-state index in [4.69, 9.17) is 0 Å². The summed E-state index contributed by atoms with van der Waals surface area (Å²) in [4.78, 5) is 10.9. The quantitative estimate of drug-likeness (QED) is 0.688. The maximum atomic E-state index is 10.9. The van der Waals surface area contributed by atoms with Crippen LogP contribution >= 0.6 is 0 Å². The molecule has 1 N–H and O–H groups in total. The molecule has 1 aliphatic rings. The summed E-state index contributed by atoms with van der Waals surface area (Å²) in [6.07, 6.45) is 4.83. The summed E-state index contributed by atoms with van der Waals surface area (Å²) in [6.45, 7) is 8.55. The van der Waals surface area contributed by atoms with E-state index in [2.05, 4.69) is 26.1 Å². The second-order valence-corrected chi connectivity index (χ2v) is 5.62. The zero-order valence-corrected chi connectivity index (χ0v) is 9.89. The lowest BCUT2D eigenvalue weighted by Gasteiger charge is -2.37. The minimum atomic E-state index is 0.115. The molecule has 1 amide bonds. The molecule has 1 saturated carbocycles. The first-order valence-corrected chi connectivity index (χ1v) is 5.66. The average molecular weight is 197 g/mol. The summed E-state index contributed by atoms with van der Waals surface area (Å²) in [7, 11) is 0. The number of hydrogen-bond donors (Lipinski definition) is 1. The Hall–Kier alpha value is -0.530. The summed E-state index contributed by atoms with van der Waals surface area (Å²) in [5.41, 5.74) is 0.432. The number of amides is 1. The highest BCUT2D eigenvalue weighted by molar-refractivity contribution is 5.73. The van der Waals surface area contributed by atoms with Gasteiger partial charge in [-0.25, -0.2) is 0 Å². The van der Waals surface area contributed by atoms with E-state index >= 15 is 0 Å². The topological polar surface area (TPSA) is 29.1 Å². The first-order chi connectivity index (χ1) is 6.39. The Kier molecular flexibility index (Phi) is 3.57. The van der Waals surface area contributed by atoms with Crippen LogP contribution in [0.3, 0.4) is 0 Å². The van der Waals surface area contributed by atoms with Crippen molar-refractivity contribution in [2.75, 3.05) is 0 Å². The largest absolute Gasteiger partial charge is 0.354 e. The summed E-state index contributed by atoms with van der Waals surface area (Å²) in [5.74, 6) is 0.941. The van der Waals surface area contributed by atoms with Gasteiger partial charge in [0.25, 0.3) is 0 Å². The number of carbonyl (C=O) groups excluding carboxylic acids is 1. The molecule has 1 aliphatic carbocycles. The molecule has 1 fully saturated rings. The monoisotopic (exact) mass is 197 g/mol. The predicted molar refractivity (Wildman–Crippen MR) is 59.0 cm³/mol. The molecule has 0 unspecified atom stereocenters. The third-order valence-corrected chi connectivity index (χ3v) is 3.36. The molecular formula is C12H23NO. The Labute approximate surface area is 87.5 Å². The van der Waals surface area contributed by atoms with Crippen LogP contribution in [-0.2, 0) is 4.79 Å². The van der Waals surface area contributed by atoms with E-state index in [9.17, 15) is 4.79 Å². The van der Waals surface area contributed by atoms with Gasteiger partial charge in [0, 0.05) is 13.0 Å². The molecular weight excluding hydrogens is 174 g/mol. The van der Waals surface area contributed by atoms with Crippen molar-refractivity contribution in [3.05, 3.63) is 0 Å². The van der Waals surface area contributed by atoms with E-state index in [-0.39, 0.29) is 5.91 Å². The highest BCUT2D eigenvalue weighted by Gasteiger charge is 2.29. The SMILES string of the molecule is CC(=O)NC1CCC(C(C)(C)C)CC1. The van der Waals surface area contributed by atoms with Crippen LogP contribution in [0.4, 0.5) is 0 Å². The Morgan fingerprint density at radius 1 is 1.14 bits per heavy atom. The summed E-state index contributed by atoms with van der Waals surface area (Å²) < 4.78 is 0. The van der Waals surface area contributed by atoms with Gasteiger partial charge < -0.3 is 5.32 Å². The van der Waals surface area contributed by atoms with Crippen LogP contribution in [-0.4, -0.2) is 11.9 Å². The third-order valence-electron chi connectivity index (χ3n) is 3.36. The van der Waals surface area contributed by atoms with Gasteiger partial charge in [-0.15, -0.1) is 0 Å². The fraction of sp³-hybridized carbons (Fsp3) is 0.917. The number of rotatable bonds is 1. The van der Waals surface area contributed by atoms with Crippen LogP contribution in [0.5, 0.6) is 0 Å². The molecule has 82 valence electrons. The van der Waals surface area contributed by atoms with Crippen LogP contribution in [0.15, 0.2) is 0 Å². The van der Waals surface area contributed by atoms with Gasteiger partial charge >= 0.3 is 0 Å². The van der Waals surface area contributed by atoms with Crippen molar-refractivity contribution in [2.45, 2.75) is 59.4 Å². The van der Waals surface area contributed by atoms with Crippen molar-refractivity contribution in [3.63, 3.8) is 0 Å². The van der Waals surface area contributed by atoms with E-state index in [1.165, 1.54) is 12.8 Å². The smallest absolute Gasteiger partial charge is 0.217 e. The normalized spacial score (nSPS) is 28.6. The van der Waals surface area contributed by atoms with Gasteiger partial charge in [-0.1, -0.05) is 20.8 Å². The first-order valence-electron chi connectivity index (χ1n) is 5.66. The molecule has 0 aliphatic heterocycles. The van der Waals surface area contributed by atoms with Crippen molar-refractivity contribution >= 4 is 5.91 Å². The summed E-state index contributed by atoms with van der Waals surface area (Å²) >= 11 is 0.